The van der Waals surface area contributed by atoms with Crippen molar-refractivity contribution in [3.05, 3.63) is 42.4 Å². The largest absolute Gasteiger partial charge is 0.362 e. The van der Waals surface area contributed by atoms with Gasteiger partial charge in [0.2, 0.25) is 0 Å². The lowest BCUT2D eigenvalue weighted by atomic mass is 10.3. The van der Waals surface area contributed by atoms with Crippen LogP contribution < -0.4 is 4.90 Å². The van der Waals surface area contributed by atoms with Crippen molar-refractivity contribution in [2.24, 2.45) is 0 Å². The molecule has 0 fully saturated rings. The van der Waals surface area contributed by atoms with Gasteiger partial charge in [0.05, 0.1) is 17.3 Å². The van der Waals surface area contributed by atoms with E-state index in [-0.39, 0.29) is 0 Å². The molecule has 0 aliphatic heterocycles. The molecule has 20 heavy (non-hydrogen) atoms. The molecule has 0 bridgehead atoms. The van der Waals surface area contributed by atoms with Gasteiger partial charge in [0, 0.05) is 20.2 Å². The van der Waals surface area contributed by atoms with Crippen molar-refractivity contribution < 1.29 is 8.78 Å². The van der Waals surface area contributed by atoms with Crippen LogP contribution in [-0.2, 0) is 0 Å². The van der Waals surface area contributed by atoms with E-state index >= 15 is 0 Å². The number of nitrogens with zero attached hydrogens (tertiary/aromatic N) is 5. The lowest BCUT2D eigenvalue weighted by Gasteiger charge is -2.11. The molecule has 3 aromatic rings. The predicted molar refractivity (Wildman–Crippen MR) is 70.9 cm³/mol. The molecule has 0 spiro atoms. The van der Waals surface area contributed by atoms with E-state index in [1.54, 1.807) is 6.20 Å². The molecule has 0 atom stereocenters. The number of hydrogen-bond acceptors (Lipinski definition) is 4. The van der Waals surface area contributed by atoms with Gasteiger partial charge < -0.3 is 4.90 Å². The average Bonchev–Trinajstić information content (AvgIpc) is 2.85. The highest BCUT2D eigenvalue weighted by Crippen LogP contribution is 2.23. The van der Waals surface area contributed by atoms with E-state index in [0.29, 0.717) is 17.2 Å². The molecule has 0 aliphatic rings. The fourth-order valence-electron chi connectivity index (χ4n) is 1.99. The molecule has 0 aliphatic carbocycles. The Labute approximate surface area is 113 Å². The molecule has 2 aromatic heterocycles. The van der Waals surface area contributed by atoms with Gasteiger partial charge in [0.25, 0.3) is 0 Å². The molecule has 0 radical (unpaired) electrons. The van der Waals surface area contributed by atoms with E-state index in [9.17, 15) is 8.78 Å². The Morgan fingerprint density at radius 2 is 1.90 bits per heavy atom. The predicted octanol–water partition coefficient (Wildman–Crippen LogP) is 2.16. The minimum absolute atomic E-state index is 0.405. The second-order valence-electron chi connectivity index (χ2n) is 4.48. The van der Waals surface area contributed by atoms with Crippen LogP contribution in [0.1, 0.15) is 0 Å². The van der Waals surface area contributed by atoms with Crippen LogP contribution in [0.3, 0.4) is 0 Å². The standard InChI is InChI=1S/C13H11F2N5/c1-19(2)12-9-6-18-20(13(9)17-7-16-12)8-3-4-10(14)11(15)5-8/h3-7H,1-2H3. The zero-order chi connectivity index (χ0) is 14.3. The number of fused-ring (bicyclic) bond motifs is 1. The van der Waals surface area contributed by atoms with Crippen molar-refractivity contribution in [1.82, 2.24) is 19.7 Å². The van der Waals surface area contributed by atoms with E-state index in [1.165, 1.54) is 17.1 Å². The van der Waals surface area contributed by atoms with E-state index in [4.69, 9.17) is 0 Å². The summed E-state index contributed by atoms with van der Waals surface area (Å²) in [6.45, 7) is 0. The van der Waals surface area contributed by atoms with Crippen molar-refractivity contribution in [3.8, 4) is 5.69 Å². The van der Waals surface area contributed by atoms with Gasteiger partial charge in [-0.1, -0.05) is 0 Å². The summed E-state index contributed by atoms with van der Waals surface area (Å²) in [5.74, 6) is -1.11. The van der Waals surface area contributed by atoms with Gasteiger partial charge in [0.15, 0.2) is 17.3 Å². The lowest BCUT2D eigenvalue weighted by Crippen LogP contribution is -2.11. The first-order valence-corrected chi connectivity index (χ1v) is 5.89. The van der Waals surface area contributed by atoms with Crippen molar-refractivity contribution in [3.63, 3.8) is 0 Å². The highest BCUT2D eigenvalue weighted by molar-refractivity contribution is 5.87. The first-order chi connectivity index (χ1) is 9.58. The third-order valence-corrected chi connectivity index (χ3v) is 2.92. The number of benzene rings is 1. The molecule has 3 rings (SSSR count). The second-order valence-corrected chi connectivity index (χ2v) is 4.48. The summed E-state index contributed by atoms with van der Waals surface area (Å²) in [4.78, 5) is 10.2. The summed E-state index contributed by atoms with van der Waals surface area (Å²) >= 11 is 0. The monoisotopic (exact) mass is 275 g/mol. The van der Waals surface area contributed by atoms with Crippen LogP contribution in [0.15, 0.2) is 30.7 Å². The van der Waals surface area contributed by atoms with Crippen molar-refractivity contribution in [1.29, 1.82) is 0 Å². The van der Waals surface area contributed by atoms with Gasteiger partial charge in [0.1, 0.15) is 12.1 Å². The normalized spacial score (nSPS) is 11.0. The van der Waals surface area contributed by atoms with Gasteiger partial charge in [-0.15, -0.1) is 0 Å². The SMILES string of the molecule is CN(C)c1ncnc2c1cnn2-c1ccc(F)c(F)c1. The number of anilines is 1. The molecule has 102 valence electrons. The molecule has 0 unspecified atom stereocenters. The molecule has 0 amide bonds. The maximum atomic E-state index is 13.3. The van der Waals surface area contributed by atoms with Crippen LogP contribution in [0.25, 0.3) is 16.7 Å². The Kier molecular flexibility index (Phi) is 2.81. The highest BCUT2D eigenvalue weighted by atomic mass is 19.2. The minimum atomic E-state index is -0.923. The van der Waals surface area contributed by atoms with Crippen LogP contribution in [-0.4, -0.2) is 33.8 Å². The van der Waals surface area contributed by atoms with Crippen LogP contribution in [0.2, 0.25) is 0 Å². The molecule has 0 N–H and O–H groups in total. The van der Waals surface area contributed by atoms with Crippen LogP contribution in [0.5, 0.6) is 0 Å². The fraction of sp³-hybridized carbons (Fsp3) is 0.154. The number of aromatic nitrogens is 4. The van der Waals surface area contributed by atoms with Crippen LogP contribution >= 0.6 is 0 Å². The Morgan fingerprint density at radius 1 is 1.10 bits per heavy atom. The van der Waals surface area contributed by atoms with E-state index in [1.807, 2.05) is 19.0 Å². The van der Waals surface area contributed by atoms with E-state index in [0.717, 1.165) is 17.5 Å². The van der Waals surface area contributed by atoms with Gasteiger partial charge >= 0.3 is 0 Å². The van der Waals surface area contributed by atoms with Gasteiger partial charge in [-0.05, 0) is 12.1 Å². The summed E-state index contributed by atoms with van der Waals surface area (Å²) in [6, 6.07) is 3.59. The number of rotatable bonds is 2. The van der Waals surface area contributed by atoms with Crippen molar-refractivity contribution >= 4 is 16.9 Å². The van der Waals surface area contributed by atoms with Crippen molar-refractivity contribution in [2.75, 3.05) is 19.0 Å². The van der Waals surface area contributed by atoms with Gasteiger partial charge in [-0.2, -0.15) is 5.10 Å². The molecular formula is C13H11F2N5. The van der Waals surface area contributed by atoms with Crippen LogP contribution in [0.4, 0.5) is 14.6 Å². The minimum Gasteiger partial charge on any atom is -0.362 e. The fourth-order valence-corrected chi connectivity index (χ4v) is 1.99. The molecule has 2 heterocycles. The third kappa shape index (κ3) is 1.87. The summed E-state index contributed by atoms with van der Waals surface area (Å²) in [7, 11) is 3.72. The van der Waals surface area contributed by atoms with Crippen LogP contribution in [0, 0.1) is 11.6 Å². The Balaban J connectivity index is 2.22. The van der Waals surface area contributed by atoms with Gasteiger partial charge in [-0.3, -0.25) is 0 Å². The average molecular weight is 275 g/mol. The molecule has 5 nitrogen and oxygen atoms in total. The maximum absolute atomic E-state index is 13.3. The smallest absolute Gasteiger partial charge is 0.168 e. The Bertz CT molecular complexity index is 782. The maximum Gasteiger partial charge on any atom is 0.168 e. The molecule has 0 saturated heterocycles. The summed E-state index contributed by atoms with van der Waals surface area (Å²) < 4.78 is 27.8. The first-order valence-electron chi connectivity index (χ1n) is 5.89. The quantitative estimate of drug-likeness (QED) is 0.719. The zero-order valence-electron chi connectivity index (χ0n) is 10.9. The Hall–Kier alpha value is -2.57. The number of halogens is 2. The summed E-state index contributed by atoms with van der Waals surface area (Å²) in [6.07, 6.45) is 3.02. The second kappa shape index (κ2) is 4.52. The number of hydrogen-bond donors (Lipinski definition) is 0. The first kappa shape index (κ1) is 12.5. The lowest BCUT2D eigenvalue weighted by molar-refractivity contribution is 0.507. The molecule has 0 saturated carbocycles. The topological polar surface area (TPSA) is 46.8 Å². The van der Waals surface area contributed by atoms with E-state index in [2.05, 4.69) is 15.1 Å². The summed E-state index contributed by atoms with van der Waals surface area (Å²) in [5.41, 5.74) is 0.942. The Morgan fingerprint density at radius 3 is 2.60 bits per heavy atom. The summed E-state index contributed by atoms with van der Waals surface area (Å²) in [5, 5.41) is 4.92. The molecular weight excluding hydrogens is 264 g/mol. The molecule has 1 aromatic carbocycles. The van der Waals surface area contributed by atoms with Gasteiger partial charge in [-0.25, -0.2) is 23.4 Å². The third-order valence-electron chi connectivity index (χ3n) is 2.92. The molecule has 7 heteroatoms. The van der Waals surface area contributed by atoms with Crippen molar-refractivity contribution in [2.45, 2.75) is 0 Å². The zero-order valence-corrected chi connectivity index (χ0v) is 10.9. The van der Waals surface area contributed by atoms with E-state index < -0.39 is 11.6 Å². The highest BCUT2D eigenvalue weighted by Gasteiger charge is 2.13.